The van der Waals surface area contributed by atoms with Gasteiger partial charge in [-0.05, 0) is 19.3 Å². The fraction of sp³-hybridized carbons (Fsp3) is 0.600. The molecule has 1 rings (SSSR count). The first kappa shape index (κ1) is 12.2. The molecule has 0 aliphatic heterocycles. The highest BCUT2D eigenvalue weighted by molar-refractivity contribution is 9.09. The first-order chi connectivity index (χ1) is 7.27. The molecule has 1 heterocycles. The van der Waals surface area contributed by atoms with E-state index < -0.39 is 0 Å². The Kier molecular flexibility index (Phi) is 5.39. The summed E-state index contributed by atoms with van der Waals surface area (Å²) in [5.41, 5.74) is 1.05. The standard InChI is InChI=1S/C10H16BrN3O/c1-2-8-7-12-14-10(8)13-9(15)5-3-4-6-11/h7H,2-6H2,1H3,(H2,12,13,14,15). The number of H-pyrrole nitrogens is 1. The second-order valence-corrected chi connectivity index (χ2v) is 4.11. The third-order valence-corrected chi connectivity index (χ3v) is 2.71. The third kappa shape index (κ3) is 4.03. The van der Waals surface area contributed by atoms with E-state index in [0.29, 0.717) is 6.42 Å². The molecule has 4 nitrogen and oxygen atoms in total. The molecule has 1 amide bonds. The average molecular weight is 274 g/mol. The zero-order valence-corrected chi connectivity index (χ0v) is 10.4. The summed E-state index contributed by atoms with van der Waals surface area (Å²) in [5.74, 6) is 0.788. The van der Waals surface area contributed by atoms with Crippen molar-refractivity contribution in [3.8, 4) is 0 Å². The zero-order valence-electron chi connectivity index (χ0n) is 8.85. The fourth-order valence-corrected chi connectivity index (χ4v) is 1.67. The molecule has 0 radical (unpaired) electrons. The molecule has 1 aromatic rings. The Balaban J connectivity index is 2.37. The quantitative estimate of drug-likeness (QED) is 0.618. The van der Waals surface area contributed by atoms with Gasteiger partial charge in [0.2, 0.25) is 5.91 Å². The SMILES string of the molecule is CCc1cn[nH]c1NC(=O)CCCCBr. The summed E-state index contributed by atoms with van der Waals surface area (Å²) in [6, 6.07) is 0. The molecule has 84 valence electrons. The Morgan fingerprint density at radius 2 is 2.40 bits per heavy atom. The van der Waals surface area contributed by atoms with Gasteiger partial charge in [-0.25, -0.2) is 0 Å². The van der Waals surface area contributed by atoms with E-state index in [-0.39, 0.29) is 5.91 Å². The monoisotopic (exact) mass is 273 g/mol. The van der Waals surface area contributed by atoms with E-state index in [1.807, 2.05) is 6.92 Å². The number of carbonyl (C=O) groups excluding carboxylic acids is 1. The molecule has 0 saturated carbocycles. The summed E-state index contributed by atoms with van der Waals surface area (Å²) >= 11 is 3.34. The first-order valence-electron chi connectivity index (χ1n) is 5.16. The molecule has 0 saturated heterocycles. The molecule has 0 aromatic carbocycles. The minimum absolute atomic E-state index is 0.0508. The maximum atomic E-state index is 11.5. The Morgan fingerprint density at radius 3 is 3.07 bits per heavy atom. The van der Waals surface area contributed by atoms with Gasteiger partial charge < -0.3 is 5.32 Å². The van der Waals surface area contributed by atoms with E-state index in [9.17, 15) is 4.79 Å². The molecule has 15 heavy (non-hydrogen) atoms. The van der Waals surface area contributed by atoms with E-state index in [2.05, 4.69) is 31.4 Å². The maximum absolute atomic E-state index is 11.5. The van der Waals surface area contributed by atoms with E-state index in [4.69, 9.17) is 0 Å². The van der Waals surface area contributed by atoms with Gasteiger partial charge in [-0.3, -0.25) is 9.89 Å². The van der Waals surface area contributed by atoms with Gasteiger partial charge in [0.1, 0.15) is 5.82 Å². The van der Waals surface area contributed by atoms with Gasteiger partial charge in [0, 0.05) is 17.3 Å². The van der Waals surface area contributed by atoms with Crippen LogP contribution in [-0.4, -0.2) is 21.4 Å². The number of hydrogen-bond donors (Lipinski definition) is 2. The molecule has 0 aliphatic rings. The van der Waals surface area contributed by atoms with Gasteiger partial charge in [-0.2, -0.15) is 5.10 Å². The number of nitrogens with one attached hydrogen (secondary N) is 2. The molecule has 0 atom stereocenters. The summed E-state index contributed by atoms with van der Waals surface area (Å²) in [6.45, 7) is 2.03. The van der Waals surface area contributed by atoms with E-state index in [1.54, 1.807) is 6.20 Å². The van der Waals surface area contributed by atoms with Gasteiger partial charge in [-0.1, -0.05) is 22.9 Å². The number of hydrogen-bond acceptors (Lipinski definition) is 2. The smallest absolute Gasteiger partial charge is 0.225 e. The number of alkyl halides is 1. The van der Waals surface area contributed by atoms with Crippen LogP contribution in [0.3, 0.4) is 0 Å². The largest absolute Gasteiger partial charge is 0.311 e. The van der Waals surface area contributed by atoms with E-state index in [0.717, 1.165) is 36.0 Å². The number of aromatic amines is 1. The first-order valence-corrected chi connectivity index (χ1v) is 6.28. The van der Waals surface area contributed by atoms with Gasteiger partial charge in [0.05, 0.1) is 6.20 Å². The number of nitrogens with zero attached hydrogens (tertiary/aromatic N) is 1. The molecule has 0 spiro atoms. The molecular weight excluding hydrogens is 258 g/mol. The molecule has 0 unspecified atom stereocenters. The minimum Gasteiger partial charge on any atom is -0.311 e. The number of halogens is 1. The maximum Gasteiger partial charge on any atom is 0.225 e. The van der Waals surface area contributed by atoms with Crippen molar-refractivity contribution in [1.82, 2.24) is 10.2 Å². The molecule has 1 aromatic heterocycles. The molecule has 0 aliphatic carbocycles. The van der Waals surface area contributed by atoms with Crippen LogP contribution in [0.1, 0.15) is 31.7 Å². The number of amides is 1. The second-order valence-electron chi connectivity index (χ2n) is 3.32. The van der Waals surface area contributed by atoms with E-state index in [1.165, 1.54) is 0 Å². The third-order valence-electron chi connectivity index (χ3n) is 2.15. The molecule has 0 bridgehead atoms. The highest BCUT2D eigenvalue weighted by Crippen LogP contribution is 2.12. The van der Waals surface area contributed by atoms with Gasteiger partial charge >= 0.3 is 0 Å². The predicted octanol–water partition coefficient (Wildman–Crippen LogP) is 2.48. The van der Waals surface area contributed by atoms with Crippen LogP contribution in [0.25, 0.3) is 0 Å². The number of unbranched alkanes of at least 4 members (excludes halogenated alkanes) is 1. The van der Waals surface area contributed by atoms with Crippen LogP contribution in [0.4, 0.5) is 5.82 Å². The van der Waals surface area contributed by atoms with Crippen molar-refractivity contribution >= 4 is 27.7 Å². The lowest BCUT2D eigenvalue weighted by Crippen LogP contribution is -2.12. The van der Waals surface area contributed by atoms with Crippen molar-refractivity contribution in [2.75, 3.05) is 10.6 Å². The molecule has 5 heteroatoms. The number of rotatable bonds is 6. The molecule has 2 N–H and O–H groups in total. The Morgan fingerprint density at radius 1 is 1.60 bits per heavy atom. The van der Waals surface area contributed by atoms with Gasteiger partial charge in [-0.15, -0.1) is 0 Å². The lowest BCUT2D eigenvalue weighted by Gasteiger charge is -2.03. The van der Waals surface area contributed by atoms with Crippen molar-refractivity contribution in [3.63, 3.8) is 0 Å². The second kappa shape index (κ2) is 6.61. The Hall–Kier alpha value is -0.840. The lowest BCUT2D eigenvalue weighted by molar-refractivity contribution is -0.116. The van der Waals surface area contributed by atoms with Crippen LogP contribution in [0, 0.1) is 0 Å². The van der Waals surface area contributed by atoms with Crippen LogP contribution in [0.15, 0.2) is 6.20 Å². The Labute approximate surface area is 98.0 Å². The highest BCUT2D eigenvalue weighted by Gasteiger charge is 2.06. The van der Waals surface area contributed by atoms with Crippen LogP contribution < -0.4 is 5.32 Å². The lowest BCUT2D eigenvalue weighted by atomic mass is 10.2. The van der Waals surface area contributed by atoms with Gasteiger partial charge in [0.15, 0.2) is 0 Å². The van der Waals surface area contributed by atoms with Crippen LogP contribution in [0.2, 0.25) is 0 Å². The molecule has 0 fully saturated rings. The average Bonchev–Trinajstić information content (AvgIpc) is 2.65. The zero-order chi connectivity index (χ0) is 11.1. The van der Waals surface area contributed by atoms with Crippen LogP contribution >= 0.6 is 15.9 Å². The fourth-order valence-electron chi connectivity index (χ4n) is 1.27. The highest BCUT2D eigenvalue weighted by atomic mass is 79.9. The number of aryl methyl sites for hydroxylation is 1. The van der Waals surface area contributed by atoms with Crippen molar-refractivity contribution in [2.45, 2.75) is 32.6 Å². The number of aromatic nitrogens is 2. The van der Waals surface area contributed by atoms with Crippen LogP contribution in [-0.2, 0) is 11.2 Å². The minimum atomic E-state index is 0.0508. The summed E-state index contributed by atoms with van der Waals surface area (Å²) in [5, 5.41) is 10.5. The summed E-state index contributed by atoms with van der Waals surface area (Å²) in [6.07, 6.45) is 5.11. The summed E-state index contributed by atoms with van der Waals surface area (Å²) < 4.78 is 0. The topological polar surface area (TPSA) is 57.8 Å². The van der Waals surface area contributed by atoms with Crippen molar-refractivity contribution in [3.05, 3.63) is 11.8 Å². The van der Waals surface area contributed by atoms with Gasteiger partial charge in [0.25, 0.3) is 0 Å². The molecular formula is C10H16BrN3O. The van der Waals surface area contributed by atoms with Crippen molar-refractivity contribution < 1.29 is 4.79 Å². The summed E-state index contributed by atoms with van der Waals surface area (Å²) in [7, 11) is 0. The van der Waals surface area contributed by atoms with Crippen LogP contribution in [0.5, 0.6) is 0 Å². The number of carbonyl (C=O) groups is 1. The number of anilines is 1. The summed E-state index contributed by atoms with van der Waals surface area (Å²) in [4.78, 5) is 11.5. The predicted molar refractivity (Wildman–Crippen MR) is 64.2 cm³/mol. The van der Waals surface area contributed by atoms with E-state index >= 15 is 0 Å². The normalized spacial score (nSPS) is 10.3. The Bertz CT molecular complexity index is 311. The van der Waals surface area contributed by atoms with Crippen molar-refractivity contribution in [2.24, 2.45) is 0 Å². The van der Waals surface area contributed by atoms with Crippen molar-refractivity contribution in [1.29, 1.82) is 0 Å².